The van der Waals surface area contributed by atoms with Gasteiger partial charge < -0.3 is 9.64 Å². The zero-order chi connectivity index (χ0) is 20.9. The molecule has 0 radical (unpaired) electrons. The number of methoxy groups -OCH3 is 1. The molecular formula is C23H26N2O4S. The van der Waals surface area contributed by atoms with E-state index in [0.717, 1.165) is 42.5 Å². The summed E-state index contributed by atoms with van der Waals surface area (Å²) in [4.78, 5) is 15.1. The zero-order valence-corrected chi connectivity index (χ0v) is 17.9. The number of fused-ring (bicyclic) bond motifs is 4. The third-order valence-electron chi connectivity index (χ3n) is 6.79. The van der Waals surface area contributed by atoms with E-state index in [-0.39, 0.29) is 17.0 Å². The average Bonchev–Trinajstić information content (AvgIpc) is 3.22. The second kappa shape index (κ2) is 7.39. The molecule has 2 atom stereocenters. The fourth-order valence-electron chi connectivity index (χ4n) is 5.44. The third kappa shape index (κ3) is 3.03. The molecule has 0 N–H and O–H groups in total. The number of sulfonamides is 1. The molecule has 2 aliphatic heterocycles. The van der Waals surface area contributed by atoms with Crippen LogP contribution >= 0.6 is 0 Å². The maximum atomic E-state index is 12.7. The number of nitrogens with zero attached hydrogens (tertiary/aromatic N) is 2. The van der Waals surface area contributed by atoms with Crippen molar-refractivity contribution >= 4 is 15.9 Å². The minimum Gasteiger partial charge on any atom is -0.496 e. The lowest BCUT2D eigenvalue weighted by Crippen LogP contribution is -2.40. The smallest absolute Gasteiger partial charge is 0.269 e. The Kier molecular flexibility index (Phi) is 4.82. The molecule has 1 amide bonds. The van der Waals surface area contributed by atoms with E-state index in [1.54, 1.807) is 25.3 Å². The lowest BCUT2D eigenvalue weighted by atomic mass is 9.85. The molecule has 5 rings (SSSR count). The fraction of sp³-hybridized carbons (Fsp3) is 0.435. The first-order chi connectivity index (χ1) is 14.5. The van der Waals surface area contributed by atoms with Crippen LogP contribution in [0.1, 0.15) is 40.2 Å². The van der Waals surface area contributed by atoms with Gasteiger partial charge in [0.1, 0.15) is 10.6 Å². The Labute approximate surface area is 177 Å². The zero-order valence-electron chi connectivity index (χ0n) is 17.1. The molecule has 1 fully saturated rings. The van der Waals surface area contributed by atoms with E-state index >= 15 is 0 Å². The van der Waals surface area contributed by atoms with Crippen molar-refractivity contribution in [2.45, 2.75) is 30.1 Å². The SMILES string of the molecule is COc1cccc2c1C1CCN(CCCN3C(=O)c4ccccc4S3(=O)=O)CC1C2. The lowest BCUT2D eigenvalue weighted by Gasteiger charge is -2.35. The topological polar surface area (TPSA) is 66.9 Å². The van der Waals surface area contributed by atoms with Crippen molar-refractivity contribution in [3.05, 3.63) is 59.2 Å². The Balaban J connectivity index is 1.20. The third-order valence-corrected chi connectivity index (χ3v) is 8.64. The van der Waals surface area contributed by atoms with Crippen molar-refractivity contribution in [1.82, 2.24) is 9.21 Å². The van der Waals surface area contributed by atoms with E-state index < -0.39 is 15.9 Å². The molecule has 0 spiro atoms. The van der Waals surface area contributed by atoms with Gasteiger partial charge in [0.2, 0.25) is 0 Å². The van der Waals surface area contributed by atoms with Crippen LogP contribution in [0, 0.1) is 5.92 Å². The molecule has 1 saturated heterocycles. The first kappa shape index (κ1) is 19.6. The second-order valence-electron chi connectivity index (χ2n) is 8.43. The molecule has 1 aliphatic carbocycles. The maximum absolute atomic E-state index is 12.7. The molecule has 2 heterocycles. The number of carbonyl (C=O) groups is 1. The lowest BCUT2D eigenvalue weighted by molar-refractivity contribution is 0.0862. The fourth-order valence-corrected chi connectivity index (χ4v) is 7.04. The Morgan fingerprint density at radius 3 is 2.73 bits per heavy atom. The predicted molar refractivity (Wildman–Crippen MR) is 113 cm³/mol. The van der Waals surface area contributed by atoms with E-state index in [4.69, 9.17) is 4.74 Å². The van der Waals surface area contributed by atoms with Crippen LogP contribution in [0.2, 0.25) is 0 Å². The molecule has 0 bridgehead atoms. The summed E-state index contributed by atoms with van der Waals surface area (Å²) in [7, 11) is -1.97. The minimum absolute atomic E-state index is 0.133. The number of ether oxygens (including phenoxy) is 1. The van der Waals surface area contributed by atoms with Gasteiger partial charge in [-0.05, 0) is 68.0 Å². The van der Waals surface area contributed by atoms with Crippen molar-refractivity contribution in [2.24, 2.45) is 5.92 Å². The summed E-state index contributed by atoms with van der Waals surface area (Å²) in [6, 6.07) is 12.8. The van der Waals surface area contributed by atoms with Gasteiger partial charge in [-0.1, -0.05) is 24.3 Å². The molecule has 30 heavy (non-hydrogen) atoms. The van der Waals surface area contributed by atoms with Crippen LogP contribution in [0.25, 0.3) is 0 Å². The number of hydrogen-bond acceptors (Lipinski definition) is 5. The second-order valence-corrected chi connectivity index (χ2v) is 10.3. The first-order valence-corrected chi connectivity index (χ1v) is 12.0. The number of hydrogen-bond donors (Lipinski definition) is 0. The summed E-state index contributed by atoms with van der Waals surface area (Å²) in [5.74, 6) is 1.72. The molecule has 2 unspecified atom stereocenters. The Bertz CT molecular complexity index is 1100. The number of piperidine rings is 1. The summed E-state index contributed by atoms with van der Waals surface area (Å²) >= 11 is 0. The van der Waals surface area contributed by atoms with E-state index in [9.17, 15) is 13.2 Å². The van der Waals surface area contributed by atoms with Gasteiger partial charge in [-0.15, -0.1) is 0 Å². The van der Waals surface area contributed by atoms with Gasteiger partial charge in [0.05, 0.1) is 12.7 Å². The first-order valence-electron chi connectivity index (χ1n) is 10.5. The summed E-state index contributed by atoms with van der Waals surface area (Å²) in [5.41, 5.74) is 3.07. The standard InChI is InChI=1S/C23H26N2O4S/c1-29-20-8-4-6-16-14-17-15-24(13-10-18(17)22(16)20)11-5-12-25-23(26)19-7-2-3-9-21(19)30(25,27)28/h2-4,6-9,17-18H,5,10-15H2,1H3. The molecule has 7 heteroatoms. The molecule has 2 aromatic carbocycles. The maximum Gasteiger partial charge on any atom is 0.269 e. The van der Waals surface area contributed by atoms with Crippen LogP contribution in [0.5, 0.6) is 5.75 Å². The number of likely N-dealkylation sites (tertiary alicyclic amines) is 1. The van der Waals surface area contributed by atoms with Crippen LogP contribution < -0.4 is 4.74 Å². The Morgan fingerprint density at radius 1 is 1.10 bits per heavy atom. The molecule has 158 valence electrons. The summed E-state index contributed by atoms with van der Waals surface area (Å²) < 4.78 is 32.0. The van der Waals surface area contributed by atoms with E-state index in [2.05, 4.69) is 23.1 Å². The van der Waals surface area contributed by atoms with E-state index in [1.807, 2.05) is 0 Å². The van der Waals surface area contributed by atoms with Crippen LogP contribution in [-0.2, 0) is 16.4 Å². The minimum atomic E-state index is -3.71. The number of carbonyl (C=O) groups excluding carboxylic acids is 1. The predicted octanol–water partition coefficient (Wildman–Crippen LogP) is 2.89. The van der Waals surface area contributed by atoms with Crippen LogP contribution in [0.4, 0.5) is 0 Å². The van der Waals surface area contributed by atoms with Gasteiger partial charge >= 0.3 is 0 Å². The largest absolute Gasteiger partial charge is 0.496 e. The van der Waals surface area contributed by atoms with Gasteiger partial charge in [0.25, 0.3) is 15.9 Å². The van der Waals surface area contributed by atoms with Crippen LogP contribution in [0.15, 0.2) is 47.4 Å². The normalized spacial score (nSPS) is 24.4. The van der Waals surface area contributed by atoms with Crippen molar-refractivity contribution in [2.75, 3.05) is 33.3 Å². The molecular weight excluding hydrogens is 400 g/mol. The van der Waals surface area contributed by atoms with Crippen molar-refractivity contribution in [1.29, 1.82) is 0 Å². The highest BCUT2D eigenvalue weighted by Crippen LogP contribution is 2.47. The number of rotatable bonds is 5. The quantitative estimate of drug-likeness (QED) is 0.736. The monoisotopic (exact) mass is 426 g/mol. The molecule has 0 aromatic heterocycles. The van der Waals surface area contributed by atoms with Crippen LogP contribution in [0.3, 0.4) is 0 Å². The summed E-state index contributed by atoms with van der Waals surface area (Å²) in [6.07, 6.45) is 2.80. The van der Waals surface area contributed by atoms with Crippen molar-refractivity contribution in [3.8, 4) is 5.75 Å². The van der Waals surface area contributed by atoms with Gasteiger partial charge in [-0.2, -0.15) is 0 Å². The van der Waals surface area contributed by atoms with Crippen molar-refractivity contribution < 1.29 is 17.9 Å². The Hall–Kier alpha value is -2.38. The highest BCUT2D eigenvalue weighted by Gasteiger charge is 2.41. The highest BCUT2D eigenvalue weighted by molar-refractivity contribution is 7.90. The van der Waals surface area contributed by atoms with E-state index in [1.165, 1.54) is 17.2 Å². The molecule has 3 aliphatic rings. The molecule has 2 aromatic rings. The highest BCUT2D eigenvalue weighted by atomic mass is 32.2. The molecule has 0 saturated carbocycles. The van der Waals surface area contributed by atoms with Gasteiger partial charge in [-0.3, -0.25) is 4.79 Å². The van der Waals surface area contributed by atoms with E-state index in [0.29, 0.717) is 18.3 Å². The van der Waals surface area contributed by atoms with Gasteiger partial charge in [0, 0.05) is 18.7 Å². The summed E-state index contributed by atoms with van der Waals surface area (Å²) in [6.45, 7) is 3.02. The number of benzene rings is 2. The van der Waals surface area contributed by atoms with Gasteiger partial charge in [-0.25, -0.2) is 12.7 Å². The van der Waals surface area contributed by atoms with Crippen LogP contribution in [-0.4, -0.2) is 56.8 Å². The van der Waals surface area contributed by atoms with Gasteiger partial charge in [0.15, 0.2) is 0 Å². The van der Waals surface area contributed by atoms with Crippen molar-refractivity contribution in [3.63, 3.8) is 0 Å². The number of amides is 1. The Morgan fingerprint density at radius 2 is 1.93 bits per heavy atom. The molecule has 6 nitrogen and oxygen atoms in total. The average molecular weight is 427 g/mol. The summed E-state index contributed by atoms with van der Waals surface area (Å²) in [5, 5.41) is 0.